The third-order valence-electron chi connectivity index (χ3n) is 3.68. The van der Waals surface area contributed by atoms with Crippen LogP contribution in [0.4, 0.5) is 0 Å². The summed E-state index contributed by atoms with van der Waals surface area (Å²) in [5.41, 5.74) is 1.13. The zero-order valence-electron chi connectivity index (χ0n) is 15.2. The number of rotatable bonds is 9. The molecular formula is C20H35NO. The van der Waals surface area contributed by atoms with E-state index in [1.54, 1.807) is 0 Å². The van der Waals surface area contributed by atoms with E-state index in [-0.39, 0.29) is 0 Å². The highest BCUT2D eigenvalue weighted by molar-refractivity contribution is 5.48. The molecular weight excluding hydrogens is 270 g/mol. The summed E-state index contributed by atoms with van der Waals surface area (Å²) in [7, 11) is 0. The van der Waals surface area contributed by atoms with Crippen molar-refractivity contribution in [3.05, 3.63) is 36.4 Å². The van der Waals surface area contributed by atoms with E-state index in [1.165, 1.54) is 19.3 Å². The highest BCUT2D eigenvalue weighted by atomic mass is 16.5. The number of ether oxygens (including phenoxy) is 1. The molecule has 0 fully saturated rings. The third-order valence-corrected chi connectivity index (χ3v) is 3.68. The first-order valence-corrected chi connectivity index (χ1v) is 8.68. The average Bonchev–Trinajstić information content (AvgIpc) is 2.56. The Labute approximate surface area is 138 Å². The Kier molecular flexibility index (Phi) is 12.6. The second kappa shape index (κ2) is 13.4. The molecule has 1 aromatic rings. The molecule has 0 saturated heterocycles. The maximum Gasteiger partial charge on any atom is 0.119 e. The van der Waals surface area contributed by atoms with Crippen LogP contribution in [0.15, 0.2) is 30.8 Å². The summed E-state index contributed by atoms with van der Waals surface area (Å²) in [5, 5.41) is 3.48. The molecule has 1 N–H and O–H groups in total. The second-order valence-electron chi connectivity index (χ2n) is 5.76. The number of nitrogens with one attached hydrogen (secondary N) is 1. The van der Waals surface area contributed by atoms with E-state index in [0.717, 1.165) is 24.3 Å². The van der Waals surface area contributed by atoms with Gasteiger partial charge in [-0.15, -0.1) is 0 Å². The van der Waals surface area contributed by atoms with Crippen molar-refractivity contribution in [2.45, 2.75) is 72.4 Å². The first kappa shape index (κ1) is 20.7. The summed E-state index contributed by atoms with van der Waals surface area (Å²) in [6, 6.07) is 9.34. The predicted molar refractivity (Wildman–Crippen MR) is 99.6 cm³/mol. The Balaban J connectivity index is 0.000000433. The van der Waals surface area contributed by atoms with Crippen LogP contribution in [-0.4, -0.2) is 18.7 Å². The topological polar surface area (TPSA) is 21.3 Å². The number of hydrogen-bond donors (Lipinski definition) is 1. The number of unbranched alkanes of at least 4 members (excludes halogenated alkanes) is 1. The molecule has 0 aromatic heterocycles. The van der Waals surface area contributed by atoms with Crippen molar-refractivity contribution in [3.8, 4) is 5.75 Å². The zero-order valence-corrected chi connectivity index (χ0v) is 15.2. The predicted octanol–water partition coefficient (Wildman–Crippen LogP) is 5.68. The minimum atomic E-state index is 0.681. The summed E-state index contributed by atoms with van der Waals surface area (Å²) in [4.78, 5) is 0. The fourth-order valence-electron chi connectivity index (χ4n) is 1.76. The zero-order chi connectivity index (χ0) is 16.8. The van der Waals surface area contributed by atoms with Gasteiger partial charge >= 0.3 is 0 Å². The van der Waals surface area contributed by atoms with E-state index in [1.807, 2.05) is 30.3 Å². The summed E-state index contributed by atoms with van der Waals surface area (Å²) < 4.78 is 5.51. The van der Waals surface area contributed by atoms with Crippen molar-refractivity contribution in [2.24, 2.45) is 0 Å². The Morgan fingerprint density at radius 3 is 2.00 bits per heavy atom. The minimum absolute atomic E-state index is 0.681. The molecule has 2 unspecified atom stereocenters. The molecule has 0 amide bonds. The van der Waals surface area contributed by atoms with Gasteiger partial charge in [0.15, 0.2) is 0 Å². The van der Waals surface area contributed by atoms with Crippen LogP contribution in [0.2, 0.25) is 0 Å². The monoisotopic (exact) mass is 305 g/mol. The Morgan fingerprint density at radius 2 is 1.59 bits per heavy atom. The molecule has 1 rings (SSSR count). The van der Waals surface area contributed by atoms with Gasteiger partial charge in [-0.2, -0.15) is 0 Å². The van der Waals surface area contributed by atoms with Gasteiger partial charge in [-0.25, -0.2) is 0 Å². The average molecular weight is 306 g/mol. The second-order valence-corrected chi connectivity index (χ2v) is 5.76. The van der Waals surface area contributed by atoms with Gasteiger partial charge in [0, 0.05) is 12.1 Å². The van der Waals surface area contributed by atoms with Crippen LogP contribution < -0.4 is 10.1 Å². The van der Waals surface area contributed by atoms with Crippen molar-refractivity contribution in [1.29, 1.82) is 0 Å². The van der Waals surface area contributed by atoms with Crippen LogP contribution in [-0.2, 0) is 0 Å². The molecule has 126 valence electrons. The summed E-state index contributed by atoms with van der Waals surface area (Å²) in [5.74, 6) is 0.944. The molecule has 0 heterocycles. The van der Waals surface area contributed by atoms with Crippen LogP contribution in [0.3, 0.4) is 0 Å². The fourth-order valence-corrected chi connectivity index (χ4v) is 1.76. The molecule has 0 bridgehead atoms. The van der Waals surface area contributed by atoms with Crippen molar-refractivity contribution in [1.82, 2.24) is 5.32 Å². The highest BCUT2D eigenvalue weighted by Gasteiger charge is 2.01. The van der Waals surface area contributed by atoms with Crippen LogP contribution in [0.5, 0.6) is 5.75 Å². The number of benzene rings is 1. The molecule has 0 aliphatic carbocycles. The van der Waals surface area contributed by atoms with Crippen LogP contribution in [0, 0.1) is 0 Å². The van der Waals surface area contributed by atoms with E-state index < -0.39 is 0 Å². The summed E-state index contributed by atoms with van der Waals surface area (Å²) >= 11 is 0. The SMILES string of the molecule is C=Cc1ccc(OCCCC)cc1.CCC(C)NC(C)CC. The van der Waals surface area contributed by atoms with Gasteiger partial charge in [-0.05, 0) is 50.8 Å². The van der Waals surface area contributed by atoms with Gasteiger partial charge in [0.2, 0.25) is 0 Å². The smallest absolute Gasteiger partial charge is 0.119 e. The molecule has 2 atom stereocenters. The van der Waals surface area contributed by atoms with E-state index in [2.05, 4.69) is 46.5 Å². The van der Waals surface area contributed by atoms with Crippen LogP contribution in [0.25, 0.3) is 6.08 Å². The van der Waals surface area contributed by atoms with Gasteiger partial charge in [-0.1, -0.05) is 52.0 Å². The molecule has 0 spiro atoms. The first-order chi connectivity index (χ1) is 10.6. The largest absolute Gasteiger partial charge is 0.494 e. The summed E-state index contributed by atoms with van der Waals surface area (Å²) in [6.07, 6.45) is 6.57. The first-order valence-electron chi connectivity index (χ1n) is 8.68. The number of hydrogen-bond acceptors (Lipinski definition) is 2. The fraction of sp³-hybridized carbons (Fsp3) is 0.600. The molecule has 1 aromatic carbocycles. The molecule has 0 saturated carbocycles. The Bertz CT molecular complexity index is 364. The van der Waals surface area contributed by atoms with E-state index >= 15 is 0 Å². The van der Waals surface area contributed by atoms with E-state index in [9.17, 15) is 0 Å². The lowest BCUT2D eigenvalue weighted by atomic mass is 10.2. The van der Waals surface area contributed by atoms with Crippen LogP contribution >= 0.6 is 0 Å². The molecule has 2 nitrogen and oxygen atoms in total. The van der Waals surface area contributed by atoms with Gasteiger partial charge in [0.05, 0.1) is 6.61 Å². The summed E-state index contributed by atoms with van der Waals surface area (Å²) in [6.45, 7) is 15.5. The van der Waals surface area contributed by atoms with Crippen molar-refractivity contribution < 1.29 is 4.74 Å². The quantitative estimate of drug-likeness (QED) is 0.592. The maximum atomic E-state index is 5.51. The molecule has 0 aliphatic heterocycles. The lowest BCUT2D eigenvalue weighted by molar-refractivity contribution is 0.309. The van der Waals surface area contributed by atoms with Crippen LogP contribution in [0.1, 0.15) is 65.9 Å². The van der Waals surface area contributed by atoms with E-state index in [0.29, 0.717) is 12.1 Å². The van der Waals surface area contributed by atoms with E-state index in [4.69, 9.17) is 4.74 Å². The van der Waals surface area contributed by atoms with Gasteiger partial charge in [0.1, 0.15) is 5.75 Å². The minimum Gasteiger partial charge on any atom is -0.494 e. The van der Waals surface area contributed by atoms with Crippen molar-refractivity contribution in [2.75, 3.05) is 6.61 Å². The third kappa shape index (κ3) is 10.4. The van der Waals surface area contributed by atoms with Gasteiger partial charge < -0.3 is 10.1 Å². The molecule has 2 heteroatoms. The normalized spacial score (nSPS) is 12.8. The van der Waals surface area contributed by atoms with Gasteiger partial charge in [0.25, 0.3) is 0 Å². The molecule has 0 aliphatic rings. The Hall–Kier alpha value is -1.28. The highest BCUT2D eigenvalue weighted by Crippen LogP contribution is 2.12. The maximum absolute atomic E-state index is 5.51. The van der Waals surface area contributed by atoms with Gasteiger partial charge in [-0.3, -0.25) is 0 Å². The standard InChI is InChI=1S/C12H16O.C8H19N/c1-3-5-10-13-12-8-6-11(4-2)7-9-12;1-5-7(3)9-8(4)6-2/h4,6-9H,2-3,5,10H2,1H3;7-9H,5-6H2,1-4H3. The van der Waals surface area contributed by atoms with Crippen molar-refractivity contribution in [3.63, 3.8) is 0 Å². The lowest BCUT2D eigenvalue weighted by Crippen LogP contribution is -2.33. The molecule has 22 heavy (non-hydrogen) atoms. The van der Waals surface area contributed by atoms with Crippen molar-refractivity contribution >= 4 is 6.08 Å². The Morgan fingerprint density at radius 1 is 1.05 bits per heavy atom. The molecule has 0 radical (unpaired) electrons. The lowest BCUT2D eigenvalue weighted by Gasteiger charge is -2.16.